The molecular formula is C21H26N4O. The topological polar surface area (TPSA) is 43.1 Å². The zero-order valence-electron chi connectivity index (χ0n) is 15.7. The summed E-state index contributed by atoms with van der Waals surface area (Å²) < 4.78 is 4.27. The van der Waals surface area contributed by atoms with Gasteiger partial charge in [0.05, 0.1) is 5.56 Å². The molecule has 3 aromatic rings. The van der Waals surface area contributed by atoms with Gasteiger partial charge in [-0.05, 0) is 32.8 Å². The number of amides is 1. The number of likely N-dealkylation sites (tertiary alicyclic amines) is 1. The van der Waals surface area contributed by atoms with Crippen molar-refractivity contribution in [3.05, 3.63) is 54.2 Å². The van der Waals surface area contributed by atoms with Gasteiger partial charge in [-0.25, -0.2) is 4.98 Å². The van der Waals surface area contributed by atoms with Crippen LogP contribution in [0.5, 0.6) is 0 Å². The molecule has 0 N–H and O–H groups in total. The molecule has 1 saturated heterocycles. The van der Waals surface area contributed by atoms with Crippen LogP contribution in [0, 0.1) is 0 Å². The van der Waals surface area contributed by atoms with Crippen LogP contribution < -0.4 is 0 Å². The second kappa shape index (κ2) is 6.63. The van der Waals surface area contributed by atoms with E-state index in [4.69, 9.17) is 0 Å². The maximum Gasteiger partial charge on any atom is 0.256 e. The lowest BCUT2D eigenvalue weighted by Gasteiger charge is -2.33. The predicted octanol–water partition coefficient (Wildman–Crippen LogP) is 3.98. The Balaban J connectivity index is 1.61. The number of hydrogen-bond acceptors (Lipinski definition) is 2. The summed E-state index contributed by atoms with van der Waals surface area (Å²) in [4.78, 5) is 19.9. The molecule has 2 aromatic heterocycles. The largest absolute Gasteiger partial charge is 0.350 e. The van der Waals surface area contributed by atoms with Gasteiger partial charge in [-0.3, -0.25) is 4.79 Å². The van der Waals surface area contributed by atoms with E-state index < -0.39 is 0 Å². The summed E-state index contributed by atoms with van der Waals surface area (Å²) in [6.07, 6.45) is 7.99. The molecule has 0 unspecified atom stereocenters. The molecule has 5 heteroatoms. The zero-order valence-corrected chi connectivity index (χ0v) is 15.7. The summed E-state index contributed by atoms with van der Waals surface area (Å²) in [5, 5.41) is 1.03. The molecule has 26 heavy (non-hydrogen) atoms. The summed E-state index contributed by atoms with van der Waals surface area (Å²) >= 11 is 0. The third kappa shape index (κ3) is 2.81. The number of aryl methyl sites for hydroxylation is 1. The Hall–Kier alpha value is -2.56. The van der Waals surface area contributed by atoms with Gasteiger partial charge in [-0.1, -0.05) is 18.2 Å². The standard InChI is InChI=1S/C21H26N4O/c1-15(2)25-12-10-22-20(25)16-7-6-11-24(13-16)21(26)18-14-23(3)19-9-5-4-8-17(18)19/h4-5,8-10,12,14-16H,6-7,11,13H2,1-3H3/t16-/m0/s1. The molecule has 0 bridgehead atoms. The first kappa shape index (κ1) is 16.9. The fraction of sp³-hybridized carbons (Fsp3) is 0.429. The Morgan fingerprint density at radius 3 is 2.88 bits per heavy atom. The fourth-order valence-electron chi connectivity index (χ4n) is 4.13. The quantitative estimate of drug-likeness (QED) is 0.717. The highest BCUT2D eigenvalue weighted by Gasteiger charge is 2.29. The van der Waals surface area contributed by atoms with Crippen molar-refractivity contribution < 1.29 is 4.79 Å². The van der Waals surface area contributed by atoms with Crippen molar-refractivity contribution in [1.82, 2.24) is 19.0 Å². The Morgan fingerprint density at radius 2 is 2.08 bits per heavy atom. The molecule has 0 radical (unpaired) electrons. The molecule has 1 atom stereocenters. The SMILES string of the molecule is CC(C)n1ccnc1[C@H]1CCCN(C(=O)c2cn(C)c3ccccc23)C1. The van der Waals surface area contributed by atoms with Crippen molar-refractivity contribution in [2.24, 2.45) is 7.05 Å². The number of rotatable bonds is 3. The maximum absolute atomic E-state index is 13.2. The van der Waals surface area contributed by atoms with E-state index in [0.29, 0.717) is 12.0 Å². The third-order valence-corrected chi connectivity index (χ3v) is 5.46. The summed E-state index contributed by atoms with van der Waals surface area (Å²) in [6.45, 7) is 5.91. The highest BCUT2D eigenvalue weighted by molar-refractivity contribution is 6.07. The molecule has 5 nitrogen and oxygen atoms in total. The van der Waals surface area contributed by atoms with Crippen LogP contribution in [0.2, 0.25) is 0 Å². The van der Waals surface area contributed by atoms with E-state index >= 15 is 0 Å². The summed E-state index contributed by atoms with van der Waals surface area (Å²) in [5.41, 5.74) is 1.90. The van der Waals surface area contributed by atoms with E-state index in [2.05, 4.69) is 29.5 Å². The van der Waals surface area contributed by atoms with E-state index in [1.54, 1.807) is 0 Å². The van der Waals surface area contributed by atoms with Crippen LogP contribution in [0.3, 0.4) is 0 Å². The number of hydrogen-bond donors (Lipinski definition) is 0. The van der Waals surface area contributed by atoms with E-state index in [0.717, 1.165) is 48.2 Å². The first-order valence-corrected chi connectivity index (χ1v) is 9.42. The van der Waals surface area contributed by atoms with Gasteiger partial charge < -0.3 is 14.0 Å². The Kier molecular flexibility index (Phi) is 4.31. The van der Waals surface area contributed by atoms with Gasteiger partial charge in [0.15, 0.2) is 0 Å². The van der Waals surface area contributed by atoms with Gasteiger partial charge in [0.25, 0.3) is 5.91 Å². The molecule has 1 amide bonds. The van der Waals surface area contributed by atoms with Gasteiger partial charge >= 0.3 is 0 Å². The number of carbonyl (C=O) groups excluding carboxylic acids is 1. The summed E-state index contributed by atoms with van der Waals surface area (Å²) in [5.74, 6) is 1.55. The number of piperidine rings is 1. The lowest BCUT2D eigenvalue weighted by Crippen LogP contribution is -2.39. The van der Waals surface area contributed by atoms with Gasteiger partial charge in [-0.15, -0.1) is 0 Å². The Morgan fingerprint density at radius 1 is 1.27 bits per heavy atom. The second-order valence-electron chi connectivity index (χ2n) is 7.55. The van der Waals surface area contributed by atoms with Gasteiger partial charge in [0.2, 0.25) is 0 Å². The van der Waals surface area contributed by atoms with Crippen LogP contribution >= 0.6 is 0 Å². The number of benzene rings is 1. The van der Waals surface area contributed by atoms with Crippen LogP contribution in [0.1, 0.15) is 54.8 Å². The number of nitrogens with zero attached hydrogens (tertiary/aromatic N) is 4. The average molecular weight is 350 g/mol. The molecule has 136 valence electrons. The minimum atomic E-state index is 0.133. The zero-order chi connectivity index (χ0) is 18.3. The molecule has 1 fully saturated rings. The highest BCUT2D eigenvalue weighted by Crippen LogP contribution is 2.29. The normalized spacial score (nSPS) is 18.0. The number of carbonyl (C=O) groups is 1. The van der Waals surface area contributed by atoms with Crippen LogP contribution in [0.25, 0.3) is 10.9 Å². The summed E-state index contributed by atoms with van der Waals surface area (Å²) in [7, 11) is 2.00. The van der Waals surface area contributed by atoms with Crippen LogP contribution in [0.4, 0.5) is 0 Å². The molecule has 0 saturated carbocycles. The number of para-hydroxylation sites is 1. The minimum absolute atomic E-state index is 0.133. The number of imidazole rings is 1. The van der Waals surface area contributed by atoms with Gasteiger partial charge in [0, 0.05) is 61.6 Å². The van der Waals surface area contributed by atoms with Crippen molar-refractivity contribution in [2.45, 2.75) is 38.6 Å². The molecule has 1 aliphatic rings. The van der Waals surface area contributed by atoms with E-state index in [9.17, 15) is 4.79 Å². The highest BCUT2D eigenvalue weighted by atomic mass is 16.2. The Labute approximate surface area is 154 Å². The monoisotopic (exact) mass is 350 g/mol. The summed E-state index contributed by atoms with van der Waals surface area (Å²) in [6, 6.07) is 8.49. The van der Waals surface area contributed by atoms with Crippen LogP contribution in [0.15, 0.2) is 42.9 Å². The molecule has 0 aliphatic carbocycles. The third-order valence-electron chi connectivity index (χ3n) is 5.46. The van der Waals surface area contributed by atoms with E-state index in [1.165, 1.54) is 0 Å². The second-order valence-corrected chi connectivity index (χ2v) is 7.55. The van der Waals surface area contributed by atoms with Crippen molar-refractivity contribution in [2.75, 3.05) is 13.1 Å². The lowest BCUT2D eigenvalue weighted by atomic mass is 9.96. The first-order valence-electron chi connectivity index (χ1n) is 9.42. The van der Waals surface area contributed by atoms with Gasteiger partial charge in [-0.2, -0.15) is 0 Å². The molecule has 1 aliphatic heterocycles. The number of fused-ring (bicyclic) bond motifs is 1. The van der Waals surface area contributed by atoms with E-state index in [1.807, 2.05) is 53.3 Å². The van der Waals surface area contributed by atoms with Crippen molar-refractivity contribution >= 4 is 16.8 Å². The molecular weight excluding hydrogens is 324 g/mol. The van der Waals surface area contributed by atoms with Crippen LogP contribution in [-0.2, 0) is 7.05 Å². The number of aromatic nitrogens is 3. The first-order chi connectivity index (χ1) is 12.6. The molecule has 1 aromatic carbocycles. The molecule has 4 rings (SSSR count). The van der Waals surface area contributed by atoms with Crippen molar-refractivity contribution in [1.29, 1.82) is 0 Å². The van der Waals surface area contributed by atoms with Gasteiger partial charge in [0.1, 0.15) is 5.82 Å². The maximum atomic E-state index is 13.2. The Bertz CT molecular complexity index is 937. The van der Waals surface area contributed by atoms with Crippen molar-refractivity contribution in [3.63, 3.8) is 0 Å². The lowest BCUT2D eigenvalue weighted by molar-refractivity contribution is 0.0705. The molecule has 0 spiro atoms. The minimum Gasteiger partial charge on any atom is -0.350 e. The van der Waals surface area contributed by atoms with Crippen molar-refractivity contribution in [3.8, 4) is 0 Å². The fourth-order valence-corrected chi connectivity index (χ4v) is 4.13. The average Bonchev–Trinajstić information content (AvgIpc) is 3.27. The molecule has 3 heterocycles. The smallest absolute Gasteiger partial charge is 0.256 e. The van der Waals surface area contributed by atoms with E-state index in [-0.39, 0.29) is 5.91 Å². The van der Waals surface area contributed by atoms with Crippen LogP contribution in [-0.4, -0.2) is 38.0 Å². The predicted molar refractivity (Wildman–Crippen MR) is 103 cm³/mol.